The maximum atomic E-state index is 11.8. The van der Waals surface area contributed by atoms with Gasteiger partial charge in [0.25, 0.3) is 0 Å². The van der Waals surface area contributed by atoms with Gasteiger partial charge >= 0.3 is 5.97 Å². The Bertz CT molecular complexity index is 570. The molecule has 2 heteroatoms. The number of rotatable bonds is 3. The highest BCUT2D eigenvalue weighted by Gasteiger charge is 2.10. The SMILES string of the molecule is C=Cc1ccc2cccc(C(=O)OCC)c2c1. The number of benzene rings is 2. The molecule has 0 aliphatic heterocycles. The van der Waals surface area contributed by atoms with Gasteiger partial charge < -0.3 is 4.74 Å². The van der Waals surface area contributed by atoms with E-state index in [-0.39, 0.29) is 5.97 Å². The summed E-state index contributed by atoms with van der Waals surface area (Å²) in [6.07, 6.45) is 1.77. The highest BCUT2D eigenvalue weighted by Crippen LogP contribution is 2.21. The van der Waals surface area contributed by atoms with Gasteiger partial charge in [-0.25, -0.2) is 4.79 Å². The van der Waals surface area contributed by atoms with Gasteiger partial charge in [-0.3, -0.25) is 0 Å². The molecule has 0 aliphatic rings. The molecule has 0 spiro atoms. The minimum Gasteiger partial charge on any atom is -0.462 e. The summed E-state index contributed by atoms with van der Waals surface area (Å²) in [4.78, 5) is 11.8. The number of ether oxygens (including phenoxy) is 1. The predicted octanol–water partition coefficient (Wildman–Crippen LogP) is 3.66. The van der Waals surface area contributed by atoms with Gasteiger partial charge in [0.2, 0.25) is 0 Å². The summed E-state index contributed by atoms with van der Waals surface area (Å²) in [7, 11) is 0. The minimum atomic E-state index is -0.278. The van der Waals surface area contributed by atoms with E-state index in [4.69, 9.17) is 4.74 Å². The Morgan fingerprint density at radius 2 is 2.18 bits per heavy atom. The summed E-state index contributed by atoms with van der Waals surface area (Å²) in [5.41, 5.74) is 1.60. The first kappa shape index (κ1) is 11.4. The van der Waals surface area contributed by atoms with Crippen LogP contribution >= 0.6 is 0 Å². The average molecular weight is 226 g/mol. The fourth-order valence-electron chi connectivity index (χ4n) is 1.80. The molecule has 0 radical (unpaired) electrons. The molecule has 0 amide bonds. The van der Waals surface area contributed by atoms with E-state index in [1.807, 2.05) is 30.3 Å². The van der Waals surface area contributed by atoms with Crippen LogP contribution in [0.2, 0.25) is 0 Å². The van der Waals surface area contributed by atoms with Crippen molar-refractivity contribution in [1.82, 2.24) is 0 Å². The van der Waals surface area contributed by atoms with E-state index in [0.717, 1.165) is 16.3 Å². The standard InChI is InChI=1S/C15H14O2/c1-3-11-8-9-12-6-5-7-13(14(12)10-11)15(16)17-4-2/h3,5-10H,1,4H2,2H3. The zero-order chi connectivity index (χ0) is 12.3. The first-order valence-corrected chi connectivity index (χ1v) is 5.58. The van der Waals surface area contributed by atoms with Crippen LogP contribution in [0.5, 0.6) is 0 Å². The molecule has 2 nitrogen and oxygen atoms in total. The number of carbonyl (C=O) groups is 1. The molecule has 17 heavy (non-hydrogen) atoms. The normalized spacial score (nSPS) is 10.2. The maximum Gasteiger partial charge on any atom is 0.338 e. The zero-order valence-electron chi connectivity index (χ0n) is 9.77. The molecule has 0 unspecified atom stereocenters. The minimum absolute atomic E-state index is 0.278. The van der Waals surface area contributed by atoms with Gasteiger partial charge in [0.15, 0.2) is 0 Å². The quantitative estimate of drug-likeness (QED) is 0.746. The monoisotopic (exact) mass is 226 g/mol. The molecule has 0 fully saturated rings. The Hall–Kier alpha value is -2.09. The average Bonchev–Trinajstić information content (AvgIpc) is 2.37. The van der Waals surface area contributed by atoms with Gasteiger partial charge in [0.05, 0.1) is 12.2 Å². The summed E-state index contributed by atoms with van der Waals surface area (Å²) in [6, 6.07) is 11.5. The maximum absolute atomic E-state index is 11.8. The third-order valence-electron chi connectivity index (χ3n) is 2.64. The summed E-state index contributed by atoms with van der Waals surface area (Å²) in [6.45, 7) is 5.92. The first-order valence-electron chi connectivity index (χ1n) is 5.58. The van der Waals surface area contributed by atoms with Crippen molar-refractivity contribution in [2.24, 2.45) is 0 Å². The second-order valence-corrected chi connectivity index (χ2v) is 3.71. The highest BCUT2D eigenvalue weighted by atomic mass is 16.5. The van der Waals surface area contributed by atoms with Crippen LogP contribution in [0.1, 0.15) is 22.8 Å². The predicted molar refractivity (Wildman–Crippen MR) is 70.0 cm³/mol. The topological polar surface area (TPSA) is 26.3 Å². The third kappa shape index (κ3) is 2.21. The van der Waals surface area contributed by atoms with Crippen molar-refractivity contribution in [3.63, 3.8) is 0 Å². The summed E-state index contributed by atoms with van der Waals surface area (Å²) < 4.78 is 5.04. The summed E-state index contributed by atoms with van der Waals surface area (Å²) in [5.74, 6) is -0.278. The molecule has 2 aromatic rings. The van der Waals surface area contributed by atoms with Crippen molar-refractivity contribution in [2.75, 3.05) is 6.61 Å². The van der Waals surface area contributed by atoms with Crippen LogP contribution in [0, 0.1) is 0 Å². The van der Waals surface area contributed by atoms with E-state index in [1.54, 1.807) is 19.1 Å². The second-order valence-electron chi connectivity index (χ2n) is 3.71. The van der Waals surface area contributed by atoms with Gasteiger partial charge in [-0.15, -0.1) is 0 Å². The lowest BCUT2D eigenvalue weighted by molar-refractivity contribution is 0.0528. The number of hydrogen-bond donors (Lipinski definition) is 0. The van der Waals surface area contributed by atoms with Crippen LogP contribution in [0.15, 0.2) is 43.0 Å². The molecule has 0 bridgehead atoms. The number of esters is 1. The van der Waals surface area contributed by atoms with Crippen molar-refractivity contribution >= 4 is 22.8 Å². The van der Waals surface area contributed by atoms with Crippen molar-refractivity contribution in [3.05, 3.63) is 54.1 Å². The number of carbonyl (C=O) groups excluding carboxylic acids is 1. The van der Waals surface area contributed by atoms with E-state index in [9.17, 15) is 4.79 Å². The van der Waals surface area contributed by atoms with Gasteiger partial charge in [-0.2, -0.15) is 0 Å². The van der Waals surface area contributed by atoms with Crippen LogP contribution in [-0.2, 0) is 4.74 Å². The van der Waals surface area contributed by atoms with E-state index in [0.29, 0.717) is 12.2 Å². The Labute approximate surface area is 101 Å². The molecule has 0 saturated heterocycles. The van der Waals surface area contributed by atoms with Gasteiger partial charge in [-0.05, 0) is 35.4 Å². The number of fused-ring (bicyclic) bond motifs is 1. The molecule has 2 rings (SSSR count). The lowest BCUT2D eigenvalue weighted by atomic mass is 10.0. The molecule has 0 saturated carbocycles. The zero-order valence-corrected chi connectivity index (χ0v) is 9.77. The Kier molecular flexibility index (Phi) is 3.24. The fourth-order valence-corrected chi connectivity index (χ4v) is 1.80. The van der Waals surface area contributed by atoms with Crippen molar-refractivity contribution in [1.29, 1.82) is 0 Å². The van der Waals surface area contributed by atoms with E-state index >= 15 is 0 Å². The van der Waals surface area contributed by atoms with Crippen LogP contribution in [0.25, 0.3) is 16.8 Å². The van der Waals surface area contributed by atoms with Crippen LogP contribution in [0.4, 0.5) is 0 Å². The molecular weight excluding hydrogens is 212 g/mol. The van der Waals surface area contributed by atoms with Crippen molar-refractivity contribution in [3.8, 4) is 0 Å². The van der Waals surface area contributed by atoms with Crippen LogP contribution in [-0.4, -0.2) is 12.6 Å². The Morgan fingerprint density at radius 3 is 2.88 bits per heavy atom. The summed E-state index contributed by atoms with van der Waals surface area (Å²) in [5, 5.41) is 1.93. The largest absolute Gasteiger partial charge is 0.462 e. The molecule has 0 atom stereocenters. The second kappa shape index (κ2) is 4.83. The molecule has 86 valence electrons. The van der Waals surface area contributed by atoms with Gasteiger partial charge in [-0.1, -0.05) is 36.9 Å². The Balaban J connectivity index is 2.61. The lowest BCUT2D eigenvalue weighted by Gasteiger charge is -2.06. The van der Waals surface area contributed by atoms with E-state index < -0.39 is 0 Å². The molecule has 2 aromatic carbocycles. The first-order chi connectivity index (χ1) is 8.26. The fraction of sp³-hybridized carbons (Fsp3) is 0.133. The van der Waals surface area contributed by atoms with Crippen LogP contribution in [0.3, 0.4) is 0 Å². The van der Waals surface area contributed by atoms with Crippen LogP contribution < -0.4 is 0 Å². The molecule has 0 aromatic heterocycles. The molecular formula is C15H14O2. The lowest BCUT2D eigenvalue weighted by Crippen LogP contribution is -2.05. The summed E-state index contributed by atoms with van der Waals surface area (Å²) >= 11 is 0. The van der Waals surface area contributed by atoms with E-state index in [2.05, 4.69) is 6.58 Å². The van der Waals surface area contributed by atoms with Crippen molar-refractivity contribution in [2.45, 2.75) is 6.92 Å². The van der Waals surface area contributed by atoms with Gasteiger partial charge in [0, 0.05) is 0 Å². The number of hydrogen-bond acceptors (Lipinski definition) is 2. The van der Waals surface area contributed by atoms with Gasteiger partial charge in [0.1, 0.15) is 0 Å². The van der Waals surface area contributed by atoms with E-state index in [1.165, 1.54) is 0 Å². The third-order valence-corrected chi connectivity index (χ3v) is 2.64. The Morgan fingerprint density at radius 1 is 1.35 bits per heavy atom. The smallest absolute Gasteiger partial charge is 0.338 e. The highest BCUT2D eigenvalue weighted by molar-refractivity contribution is 6.05. The van der Waals surface area contributed by atoms with Crippen molar-refractivity contribution < 1.29 is 9.53 Å². The molecule has 0 aliphatic carbocycles. The molecule has 0 N–H and O–H groups in total. The molecule has 0 heterocycles.